The molecule has 182 valence electrons. The third kappa shape index (κ3) is 4.72. The Morgan fingerprint density at radius 3 is 2.39 bits per heavy atom. The topological polar surface area (TPSA) is 79.4 Å². The molecule has 3 aromatic carbocycles. The van der Waals surface area contributed by atoms with E-state index in [1.807, 2.05) is 80.6 Å². The average Bonchev–Trinajstić information content (AvgIpc) is 3.28. The van der Waals surface area contributed by atoms with E-state index >= 15 is 0 Å². The average molecular weight is 500 g/mol. The molecule has 0 aliphatic carbocycles. The van der Waals surface area contributed by atoms with Crippen molar-refractivity contribution < 1.29 is 13.9 Å². The molecule has 5 aromatic rings. The summed E-state index contributed by atoms with van der Waals surface area (Å²) >= 11 is 1.44. The number of ether oxygens (including phenoxy) is 2. The lowest BCUT2D eigenvalue weighted by Crippen LogP contribution is -2.21. The van der Waals surface area contributed by atoms with Crippen LogP contribution in [-0.2, 0) is 5.75 Å². The van der Waals surface area contributed by atoms with Gasteiger partial charge in [-0.25, -0.2) is 9.97 Å². The molecule has 2 heterocycles. The number of thioether (sulfide) groups is 1. The molecule has 0 radical (unpaired) electrons. The molecule has 0 atom stereocenters. The van der Waals surface area contributed by atoms with Gasteiger partial charge in [0.15, 0.2) is 5.16 Å². The van der Waals surface area contributed by atoms with Crippen molar-refractivity contribution in [2.45, 2.75) is 24.8 Å². The van der Waals surface area contributed by atoms with Gasteiger partial charge >= 0.3 is 0 Å². The van der Waals surface area contributed by atoms with Crippen LogP contribution < -0.4 is 15.0 Å². The first kappa shape index (κ1) is 23.7. The van der Waals surface area contributed by atoms with E-state index in [1.54, 1.807) is 17.7 Å². The Labute approximate surface area is 212 Å². The maximum atomic E-state index is 13.5. The van der Waals surface area contributed by atoms with Crippen LogP contribution in [0.25, 0.3) is 28.0 Å². The molecule has 0 N–H and O–H groups in total. The first-order valence-corrected chi connectivity index (χ1v) is 12.5. The van der Waals surface area contributed by atoms with Crippen molar-refractivity contribution in [3.05, 3.63) is 94.6 Å². The first-order valence-electron chi connectivity index (χ1n) is 11.6. The van der Waals surface area contributed by atoms with Gasteiger partial charge in [-0.2, -0.15) is 0 Å². The Morgan fingerprint density at radius 1 is 0.944 bits per heavy atom. The summed E-state index contributed by atoms with van der Waals surface area (Å²) in [5.74, 6) is 3.29. The summed E-state index contributed by atoms with van der Waals surface area (Å²) in [6.07, 6.45) is 0. The maximum absolute atomic E-state index is 13.5. The van der Waals surface area contributed by atoms with Crippen LogP contribution in [0.2, 0.25) is 0 Å². The molecular weight excluding hydrogens is 474 g/mol. The molecule has 0 saturated heterocycles. The number of benzene rings is 3. The fourth-order valence-electron chi connectivity index (χ4n) is 3.85. The van der Waals surface area contributed by atoms with Crippen molar-refractivity contribution in [3.63, 3.8) is 0 Å². The lowest BCUT2D eigenvalue weighted by Gasteiger charge is -2.13. The second-order valence-corrected chi connectivity index (χ2v) is 8.96. The third-order valence-electron chi connectivity index (χ3n) is 5.72. The monoisotopic (exact) mass is 499 g/mol. The number of aryl methyl sites for hydroxylation is 1. The SMILES string of the molecule is CCOc1ccc(-c2nc(CSc3nc4ccccc4c(=O)n3-c3ccc(OC)cc3)c(C)o2)cc1. The number of oxazole rings is 1. The Bertz CT molecular complexity index is 1560. The molecule has 0 bridgehead atoms. The summed E-state index contributed by atoms with van der Waals surface area (Å²) in [7, 11) is 1.61. The predicted molar refractivity (Wildman–Crippen MR) is 141 cm³/mol. The van der Waals surface area contributed by atoms with Crippen LogP contribution in [0.4, 0.5) is 0 Å². The van der Waals surface area contributed by atoms with Crippen molar-refractivity contribution in [1.82, 2.24) is 14.5 Å². The number of hydrogen-bond donors (Lipinski definition) is 0. The lowest BCUT2D eigenvalue weighted by atomic mass is 10.2. The molecule has 5 rings (SSSR count). The summed E-state index contributed by atoms with van der Waals surface area (Å²) in [6.45, 7) is 4.46. The summed E-state index contributed by atoms with van der Waals surface area (Å²) in [5, 5.41) is 1.14. The summed E-state index contributed by atoms with van der Waals surface area (Å²) in [5.41, 5.74) is 2.92. The molecule has 8 heteroatoms. The van der Waals surface area contributed by atoms with Gasteiger partial charge < -0.3 is 13.9 Å². The highest BCUT2D eigenvalue weighted by molar-refractivity contribution is 7.98. The fourth-order valence-corrected chi connectivity index (χ4v) is 4.86. The second-order valence-electron chi connectivity index (χ2n) is 8.02. The molecule has 0 aliphatic rings. The molecule has 2 aromatic heterocycles. The Hall–Kier alpha value is -4.04. The first-order chi connectivity index (χ1) is 17.6. The van der Waals surface area contributed by atoms with E-state index in [4.69, 9.17) is 23.9 Å². The zero-order chi connectivity index (χ0) is 25.1. The van der Waals surface area contributed by atoms with E-state index in [0.29, 0.717) is 40.0 Å². The third-order valence-corrected chi connectivity index (χ3v) is 6.67. The zero-order valence-corrected chi connectivity index (χ0v) is 21.0. The minimum atomic E-state index is -0.125. The number of nitrogens with zero attached hydrogens (tertiary/aromatic N) is 3. The molecule has 0 fully saturated rings. The lowest BCUT2D eigenvalue weighted by molar-refractivity contribution is 0.340. The van der Waals surface area contributed by atoms with E-state index in [2.05, 4.69) is 0 Å². The summed E-state index contributed by atoms with van der Waals surface area (Å²) in [4.78, 5) is 23.0. The summed E-state index contributed by atoms with van der Waals surface area (Å²) in [6, 6.07) is 22.4. The van der Waals surface area contributed by atoms with Crippen molar-refractivity contribution in [2.75, 3.05) is 13.7 Å². The minimum Gasteiger partial charge on any atom is -0.497 e. The summed E-state index contributed by atoms with van der Waals surface area (Å²) < 4.78 is 18.4. The quantitative estimate of drug-likeness (QED) is 0.190. The van der Waals surface area contributed by atoms with Crippen LogP contribution in [0, 0.1) is 6.92 Å². The van der Waals surface area contributed by atoms with Gasteiger partial charge in [0.1, 0.15) is 17.3 Å². The van der Waals surface area contributed by atoms with Crippen LogP contribution >= 0.6 is 11.8 Å². The second kappa shape index (κ2) is 10.3. The van der Waals surface area contributed by atoms with E-state index in [9.17, 15) is 4.79 Å². The minimum absolute atomic E-state index is 0.125. The highest BCUT2D eigenvalue weighted by Crippen LogP contribution is 2.29. The van der Waals surface area contributed by atoms with Crippen molar-refractivity contribution >= 4 is 22.7 Å². The highest BCUT2D eigenvalue weighted by Gasteiger charge is 2.17. The van der Waals surface area contributed by atoms with Crippen LogP contribution in [0.3, 0.4) is 0 Å². The van der Waals surface area contributed by atoms with Gasteiger partial charge in [-0.05, 0) is 74.5 Å². The highest BCUT2D eigenvalue weighted by atomic mass is 32.2. The number of methoxy groups -OCH3 is 1. The Kier molecular flexibility index (Phi) is 6.77. The van der Waals surface area contributed by atoms with E-state index in [1.165, 1.54) is 11.8 Å². The number of rotatable bonds is 8. The number of para-hydroxylation sites is 1. The normalized spacial score (nSPS) is 11.1. The van der Waals surface area contributed by atoms with E-state index < -0.39 is 0 Å². The molecule has 0 aliphatic heterocycles. The van der Waals surface area contributed by atoms with Gasteiger partial charge in [-0.3, -0.25) is 9.36 Å². The Morgan fingerprint density at radius 2 is 1.67 bits per heavy atom. The smallest absolute Gasteiger partial charge is 0.266 e. The van der Waals surface area contributed by atoms with Gasteiger partial charge in [0.05, 0.1) is 36.0 Å². The molecule has 0 saturated carbocycles. The fraction of sp³-hybridized carbons (Fsp3) is 0.179. The van der Waals surface area contributed by atoms with Crippen molar-refractivity contribution in [3.8, 4) is 28.6 Å². The molecule has 7 nitrogen and oxygen atoms in total. The van der Waals surface area contributed by atoms with E-state index in [0.717, 1.165) is 28.5 Å². The van der Waals surface area contributed by atoms with Gasteiger partial charge in [-0.15, -0.1) is 0 Å². The molecule has 0 amide bonds. The van der Waals surface area contributed by atoms with Crippen molar-refractivity contribution in [2.24, 2.45) is 0 Å². The maximum Gasteiger partial charge on any atom is 0.266 e. The van der Waals surface area contributed by atoms with Crippen LogP contribution in [0.1, 0.15) is 18.4 Å². The van der Waals surface area contributed by atoms with Gasteiger partial charge in [0, 0.05) is 11.3 Å². The Balaban J connectivity index is 1.48. The van der Waals surface area contributed by atoms with Crippen LogP contribution in [0.15, 0.2) is 87.2 Å². The molecule has 0 spiro atoms. The van der Waals surface area contributed by atoms with Crippen molar-refractivity contribution in [1.29, 1.82) is 0 Å². The predicted octanol–water partition coefficient (Wildman–Crippen LogP) is 6.05. The number of fused-ring (bicyclic) bond motifs is 1. The van der Waals surface area contributed by atoms with Gasteiger partial charge in [-0.1, -0.05) is 23.9 Å². The van der Waals surface area contributed by atoms with Gasteiger partial charge in [0.2, 0.25) is 5.89 Å². The molecular formula is C28H25N3O4S. The molecule has 36 heavy (non-hydrogen) atoms. The van der Waals surface area contributed by atoms with Crippen LogP contribution in [-0.4, -0.2) is 28.3 Å². The van der Waals surface area contributed by atoms with E-state index in [-0.39, 0.29) is 5.56 Å². The molecule has 0 unspecified atom stereocenters. The number of hydrogen-bond acceptors (Lipinski definition) is 7. The largest absolute Gasteiger partial charge is 0.497 e. The standard InChI is InChI=1S/C28H25N3O4S/c1-4-34-22-13-9-19(10-14-22)26-29-25(18(2)35-26)17-36-28-30-24-8-6-5-7-23(24)27(32)31(28)20-11-15-21(33-3)16-12-20/h5-16H,4,17H2,1-3H3. The number of aromatic nitrogens is 3. The van der Waals surface area contributed by atoms with Gasteiger partial charge in [0.25, 0.3) is 5.56 Å². The zero-order valence-electron chi connectivity index (χ0n) is 20.2. The van der Waals surface area contributed by atoms with Crippen LogP contribution in [0.5, 0.6) is 11.5 Å².